The number of rotatable bonds is 34. The zero-order valence-corrected chi connectivity index (χ0v) is 33.8. The van der Waals surface area contributed by atoms with Crippen LogP contribution in [0.4, 0.5) is 0 Å². The lowest BCUT2D eigenvalue weighted by molar-refractivity contribution is -0.302. The fourth-order valence-corrected chi connectivity index (χ4v) is 6.35. The molecule has 0 aromatic carbocycles. The van der Waals surface area contributed by atoms with Gasteiger partial charge in [0.15, 0.2) is 6.29 Å². The van der Waals surface area contributed by atoms with Crippen LogP contribution in [0.15, 0.2) is 48.6 Å². The van der Waals surface area contributed by atoms with Crippen LogP contribution < -0.4 is 5.32 Å². The fraction of sp³-hybridized carbons (Fsp3) is 0.795. The molecular weight excluding hydrogens is 686 g/mol. The highest BCUT2D eigenvalue weighted by Crippen LogP contribution is 2.22. The second kappa shape index (κ2) is 34.4. The molecule has 0 spiro atoms. The smallest absolute Gasteiger partial charge is 0.249 e. The Balaban J connectivity index is 2.48. The van der Waals surface area contributed by atoms with Crippen LogP contribution in [0, 0.1) is 0 Å². The van der Waals surface area contributed by atoms with Gasteiger partial charge in [-0.15, -0.1) is 0 Å². The number of aliphatic hydroxyl groups is 6. The van der Waals surface area contributed by atoms with E-state index < -0.39 is 61.5 Å². The predicted molar refractivity (Wildman–Crippen MR) is 218 cm³/mol. The molecule has 8 atom stereocenters. The number of unbranched alkanes of at least 4 members (excludes halogenated alkanes) is 17. The number of allylic oxidation sites excluding steroid dienone is 7. The minimum absolute atomic E-state index is 0.285. The Labute approximate surface area is 327 Å². The van der Waals surface area contributed by atoms with E-state index in [-0.39, 0.29) is 13.0 Å². The average molecular weight is 766 g/mol. The molecule has 314 valence electrons. The van der Waals surface area contributed by atoms with Crippen molar-refractivity contribution in [1.29, 1.82) is 0 Å². The Hall–Kier alpha value is -1.89. The van der Waals surface area contributed by atoms with E-state index in [4.69, 9.17) is 9.47 Å². The topological polar surface area (TPSA) is 169 Å². The van der Waals surface area contributed by atoms with Crippen molar-refractivity contribution in [3.8, 4) is 0 Å². The predicted octanol–water partition coefficient (Wildman–Crippen LogP) is 7.25. The number of ether oxygens (including phenoxy) is 2. The highest BCUT2D eigenvalue weighted by atomic mass is 16.7. The molecule has 0 saturated carbocycles. The van der Waals surface area contributed by atoms with Crippen molar-refractivity contribution in [1.82, 2.24) is 5.32 Å². The van der Waals surface area contributed by atoms with E-state index in [1.807, 2.05) is 6.08 Å². The maximum absolute atomic E-state index is 13.0. The molecule has 1 heterocycles. The fourth-order valence-electron chi connectivity index (χ4n) is 6.35. The van der Waals surface area contributed by atoms with Gasteiger partial charge in [-0.2, -0.15) is 0 Å². The molecule has 0 radical (unpaired) electrons. The first kappa shape index (κ1) is 50.1. The second-order valence-corrected chi connectivity index (χ2v) is 14.9. The maximum Gasteiger partial charge on any atom is 0.249 e. The Kier molecular flexibility index (Phi) is 31.9. The van der Waals surface area contributed by atoms with Crippen molar-refractivity contribution >= 4 is 5.91 Å². The molecule has 0 bridgehead atoms. The number of nitrogens with one attached hydrogen (secondary N) is 1. The van der Waals surface area contributed by atoms with Crippen LogP contribution in [0.3, 0.4) is 0 Å². The lowest BCUT2D eigenvalue weighted by atomic mass is 9.99. The Morgan fingerprint density at radius 3 is 1.67 bits per heavy atom. The van der Waals surface area contributed by atoms with Crippen LogP contribution in [0.1, 0.15) is 162 Å². The van der Waals surface area contributed by atoms with Gasteiger partial charge in [0, 0.05) is 0 Å². The van der Waals surface area contributed by atoms with Gasteiger partial charge in [0.05, 0.1) is 25.4 Å². The Morgan fingerprint density at radius 2 is 1.11 bits per heavy atom. The van der Waals surface area contributed by atoms with Crippen LogP contribution in [-0.4, -0.2) is 98.7 Å². The van der Waals surface area contributed by atoms with Crippen LogP contribution in [0.2, 0.25) is 0 Å². The van der Waals surface area contributed by atoms with E-state index in [1.165, 1.54) is 70.6 Å². The second-order valence-electron chi connectivity index (χ2n) is 14.9. The number of hydrogen-bond acceptors (Lipinski definition) is 9. The molecule has 1 rings (SSSR count). The van der Waals surface area contributed by atoms with Gasteiger partial charge in [-0.25, -0.2) is 0 Å². The molecule has 10 nitrogen and oxygen atoms in total. The zero-order chi connectivity index (χ0) is 39.7. The van der Waals surface area contributed by atoms with Crippen LogP contribution in [0.25, 0.3) is 0 Å². The summed E-state index contributed by atoms with van der Waals surface area (Å²) >= 11 is 0. The average Bonchev–Trinajstić information content (AvgIpc) is 3.17. The quantitative estimate of drug-likeness (QED) is 0.0264. The van der Waals surface area contributed by atoms with Gasteiger partial charge in [0.2, 0.25) is 5.91 Å². The molecule has 1 fully saturated rings. The van der Waals surface area contributed by atoms with Crippen LogP contribution >= 0.6 is 0 Å². The van der Waals surface area contributed by atoms with Gasteiger partial charge in [0.1, 0.15) is 30.5 Å². The number of aliphatic hydroxyl groups excluding tert-OH is 6. The molecule has 1 saturated heterocycles. The Bertz CT molecular complexity index is 1000. The molecule has 0 aromatic heterocycles. The largest absolute Gasteiger partial charge is 0.394 e. The molecule has 0 aliphatic carbocycles. The molecule has 10 heteroatoms. The van der Waals surface area contributed by atoms with Crippen molar-refractivity contribution < 1.29 is 44.9 Å². The summed E-state index contributed by atoms with van der Waals surface area (Å²) in [5.41, 5.74) is 0. The summed E-state index contributed by atoms with van der Waals surface area (Å²) < 4.78 is 11.1. The summed E-state index contributed by atoms with van der Waals surface area (Å²) in [4.78, 5) is 13.0. The third-order valence-corrected chi connectivity index (χ3v) is 9.96. The third-order valence-electron chi connectivity index (χ3n) is 9.96. The van der Waals surface area contributed by atoms with Gasteiger partial charge in [-0.1, -0.05) is 146 Å². The standard InChI is InChI=1S/C44H79NO9/c1-3-5-7-9-11-13-15-17-18-19-20-21-23-25-27-29-31-33-38(48)43(52)45-36(35-53-44-42(51)41(50)40(49)39(34-46)54-44)37(47)32-30-28-26-24-22-16-14-12-10-8-6-4-2/h10,12,20-22,24,30,32,36-42,44,46-51H,3-9,11,13-19,23,25-29,31,33-35H2,1-2H3,(H,45,52)/b12-10+,21-20-,24-22+,32-30+. The summed E-state index contributed by atoms with van der Waals surface area (Å²) in [6.45, 7) is 3.50. The minimum atomic E-state index is -1.62. The maximum atomic E-state index is 13.0. The van der Waals surface area contributed by atoms with Gasteiger partial charge in [-0.3, -0.25) is 4.79 Å². The highest BCUT2D eigenvalue weighted by Gasteiger charge is 2.44. The van der Waals surface area contributed by atoms with E-state index in [0.717, 1.165) is 57.8 Å². The number of carbonyl (C=O) groups excluding carboxylic acids is 1. The van der Waals surface area contributed by atoms with Gasteiger partial charge >= 0.3 is 0 Å². The van der Waals surface area contributed by atoms with Crippen LogP contribution in [-0.2, 0) is 14.3 Å². The monoisotopic (exact) mass is 766 g/mol. The van der Waals surface area contributed by atoms with Gasteiger partial charge in [0.25, 0.3) is 0 Å². The van der Waals surface area contributed by atoms with Gasteiger partial charge < -0.3 is 45.4 Å². The summed E-state index contributed by atoms with van der Waals surface area (Å²) in [5, 5.41) is 64.4. The number of hydrogen-bond donors (Lipinski definition) is 7. The first-order chi connectivity index (χ1) is 26.3. The van der Waals surface area contributed by atoms with Crippen molar-refractivity contribution in [2.75, 3.05) is 13.2 Å². The zero-order valence-electron chi connectivity index (χ0n) is 33.8. The van der Waals surface area contributed by atoms with Crippen molar-refractivity contribution in [3.63, 3.8) is 0 Å². The van der Waals surface area contributed by atoms with Gasteiger partial charge in [-0.05, 0) is 64.2 Å². The highest BCUT2D eigenvalue weighted by molar-refractivity contribution is 5.80. The summed E-state index contributed by atoms with van der Waals surface area (Å²) in [6.07, 6.45) is 32.0. The molecule has 1 aliphatic heterocycles. The van der Waals surface area contributed by atoms with E-state index in [9.17, 15) is 35.4 Å². The first-order valence-corrected chi connectivity index (χ1v) is 21.5. The first-order valence-electron chi connectivity index (χ1n) is 21.5. The number of carbonyl (C=O) groups is 1. The summed E-state index contributed by atoms with van der Waals surface area (Å²) in [5.74, 6) is -0.643. The van der Waals surface area contributed by atoms with E-state index in [2.05, 4.69) is 55.6 Å². The number of amides is 1. The van der Waals surface area contributed by atoms with Crippen molar-refractivity contribution in [2.24, 2.45) is 0 Å². The molecule has 0 aromatic rings. The van der Waals surface area contributed by atoms with E-state index in [0.29, 0.717) is 12.8 Å². The SMILES string of the molecule is CCCC/C=C/CC/C=C/CC/C=C/C(O)C(COC1OC(CO)C(O)C(O)C1O)NC(=O)C(O)CCCCCC/C=C\CCCCCCCCCCC. The van der Waals surface area contributed by atoms with Crippen molar-refractivity contribution in [3.05, 3.63) is 48.6 Å². The lowest BCUT2D eigenvalue weighted by Gasteiger charge is -2.40. The summed E-state index contributed by atoms with van der Waals surface area (Å²) in [6, 6.07) is -1.01. The molecule has 54 heavy (non-hydrogen) atoms. The molecule has 7 N–H and O–H groups in total. The van der Waals surface area contributed by atoms with E-state index in [1.54, 1.807) is 6.08 Å². The molecule has 1 amide bonds. The minimum Gasteiger partial charge on any atom is -0.394 e. The Morgan fingerprint density at radius 1 is 0.630 bits per heavy atom. The molecule has 1 aliphatic rings. The lowest BCUT2D eigenvalue weighted by Crippen LogP contribution is -2.60. The normalized spacial score (nSPS) is 22.6. The van der Waals surface area contributed by atoms with Crippen molar-refractivity contribution in [2.45, 2.75) is 210 Å². The molecular formula is C44H79NO9. The third kappa shape index (κ3) is 24.6. The van der Waals surface area contributed by atoms with Crippen LogP contribution in [0.5, 0.6) is 0 Å². The molecule has 8 unspecified atom stereocenters. The van der Waals surface area contributed by atoms with E-state index >= 15 is 0 Å². The summed E-state index contributed by atoms with van der Waals surface area (Å²) in [7, 11) is 0.